The quantitative estimate of drug-likeness (QED) is 0.829. The molecule has 9 heteroatoms. The van der Waals surface area contributed by atoms with Gasteiger partial charge in [-0.1, -0.05) is 11.6 Å². The number of amides is 2. The summed E-state index contributed by atoms with van der Waals surface area (Å²) in [5, 5.41) is 2.62. The van der Waals surface area contributed by atoms with E-state index in [1.165, 1.54) is 23.1 Å². The lowest BCUT2D eigenvalue weighted by molar-refractivity contribution is -0.133. The fraction of sp³-hybridized carbons (Fsp3) is 0.500. The van der Waals surface area contributed by atoms with Gasteiger partial charge in [0.25, 0.3) is 0 Å². The summed E-state index contributed by atoms with van der Waals surface area (Å²) in [6.07, 6.45) is 1.57. The number of carbonyl (C=O) groups excluding carboxylic acids is 2. The van der Waals surface area contributed by atoms with E-state index in [2.05, 4.69) is 10.1 Å². The predicted octanol–water partition coefficient (Wildman–Crippen LogP) is 2.43. The van der Waals surface area contributed by atoms with E-state index in [9.17, 15) is 18.4 Å². The van der Waals surface area contributed by atoms with E-state index >= 15 is 0 Å². The molecule has 0 radical (unpaired) electrons. The third-order valence-electron chi connectivity index (χ3n) is 3.87. The molecule has 2 rings (SSSR count). The summed E-state index contributed by atoms with van der Waals surface area (Å²) >= 11 is 5.86. The maximum atomic E-state index is 12.2. The third-order valence-corrected chi connectivity index (χ3v) is 4.16. The Morgan fingerprint density at radius 3 is 2.76 bits per heavy atom. The minimum absolute atomic E-state index is 0.0261. The van der Waals surface area contributed by atoms with Crippen molar-refractivity contribution >= 4 is 29.1 Å². The number of halogens is 3. The molecule has 0 unspecified atom stereocenters. The first-order chi connectivity index (χ1) is 11.8. The molecule has 1 atom stereocenters. The van der Waals surface area contributed by atoms with E-state index in [0.29, 0.717) is 12.2 Å². The van der Waals surface area contributed by atoms with E-state index in [4.69, 9.17) is 11.6 Å². The van der Waals surface area contributed by atoms with Crippen LogP contribution in [0.1, 0.15) is 12.8 Å². The Balaban J connectivity index is 1.96. The minimum atomic E-state index is -2.97. The molecule has 0 spiro atoms. The van der Waals surface area contributed by atoms with Crippen LogP contribution in [0, 0.1) is 0 Å². The lowest BCUT2D eigenvalue weighted by Crippen LogP contribution is -2.45. The zero-order chi connectivity index (χ0) is 18.6. The van der Waals surface area contributed by atoms with E-state index < -0.39 is 6.61 Å². The maximum absolute atomic E-state index is 12.2. The van der Waals surface area contributed by atoms with Gasteiger partial charge in [0.1, 0.15) is 5.75 Å². The molecule has 1 aromatic carbocycles. The number of likely N-dealkylation sites (tertiary alicyclic amines) is 1. The van der Waals surface area contributed by atoms with Crippen molar-refractivity contribution < 1.29 is 23.1 Å². The summed E-state index contributed by atoms with van der Waals surface area (Å²) in [5.74, 6) is -0.496. The van der Waals surface area contributed by atoms with Crippen molar-refractivity contribution in [2.45, 2.75) is 25.5 Å². The molecule has 6 nitrogen and oxygen atoms in total. The van der Waals surface area contributed by atoms with Crippen molar-refractivity contribution in [1.82, 2.24) is 9.80 Å². The molecule has 2 amide bonds. The number of likely N-dealkylation sites (N-methyl/N-ethyl adjacent to an activating group) is 1. The lowest BCUT2D eigenvalue weighted by atomic mass is 10.2. The van der Waals surface area contributed by atoms with Crippen LogP contribution in [0.25, 0.3) is 0 Å². The van der Waals surface area contributed by atoms with Crippen molar-refractivity contribution in [2.24, 2.45) is 0 Å². The van der Waals surface area contributed by atoms with E-state index in [1.807, 2.05) is 4.90 Å². The Hall–Kier alpha value is -1.93. The molecule has 138 valence electrons. The van der Waals surface area contributed by atoms with Crippen LogP contribution in [0.4, 0.5) is 14.5 Å². The summed E-state index contributed by atoms with van der Waals surface area (Å²) < 4.78 is 28.7. The fourth-order valence-corrected chi connectivity index (χ4v) is 2.97. The number of alkyl halides is 2. The highest BCUT2D eigenvalue weighted by Crippen LogP contribution is 2.29. The molecule has 25 heavy (non-hydrogen) atoms. The van der Waals surface area contributed by atoms with Gasteiger partial charge in [0.2, 0.25) is 11.8 Å². The van der Waals surface area contributed by atoms with Crippen molar-refractivity contribution in [3.63, 3.8) is 0 Å². The lowest BCUT2D eigenvalue weighted by Gasteiger charge is -2.25. The average molecular weight is 376 g/mol. The number of hydrogen-bond donors (Lipinski definition) is 1. The number of hydrogen-bond acceptors (Lipinski definition) is 4. The van der Waals surface area contributed by atoms with Crippen LogP contribution in [-0.4, -0.2) is 61.5 Å². The van der Waals surface area contributed by atoms with Gasteiger partial charge in [0.15, 0.2) is 0 Å². The largest absolute Gasteiger partial charge is 0.433 e. The second-order valence-electron chi connectivity index (χ2n) is 5.93. The molecule has 1 aliphatic heterocycles. The van der Waals surface area contributed by atoms with Crippen LogP contribution >= 0.6 is 11.6 Å². The van der Waals surface area contributed by atoms with Crippen LogP contribution < -0.4 is 10.1 Å². The molecule has 0 saturated carbocycles. The number of benzene rings is 1. The van der Waals surface area contributed by atoms with Gasteiger partial charge >= 0.3 is 6.61 Å². The first-order valence-electron chi connectivity index (χ1n) is 7.77. The van der Waals surface area contributed by atoms with Gasteiger partial charge in [-0.15, -0.1) is 0 Å². The van der Waals surface area contributed by atoms with Crippen molar-refractivity contribution in [1.29, 1.82) is 0 Å². The maximum Gasteiger partial charge on any atom is 0.387 e. The van der Waals surface area contributed by atoms with Gasteiger partial charge in [-0.25, -0.2) is 0 Å². The van der Waals surface area contributed by atoms with Crippen LogP contribution in [0.2, 0.25) is 5.02 Å². The van der Waals surface area contributed by atoms with Crippen molar-refractivity contribution in [3.8, 4) is 5.75 Å². The standard InChI is InChI=1S/C16H20ClF2N3O3/c1-21(2)15(24)12-4-3-7-22(12)9-14(23)20-10-5-6-13(11(17)8-10)25-16(18)19/h5-6,8,12,16H,3-4,7,9H2,1-2H3,(H,20,23)/t12-/m0/s1. The number of nitrogens with one attached hydrogen (secondary N) is 1. The molecule has 0 aliphatic carbocycles. The monoisotopic (exact) mass is 375 g/mol. The summed E-state index contributed by atoms with van der Waals surface area (Å²) in [6, 6.07) is 3.72. The van der Waals surface area contributed by atoms with E-state index in [-0.39, 0.29) is 35.2 Å². The zero-order valence-electron chi connectivity index (χ0n) is 14.0. The average Bonchev–Trinajstić information content (AvgIpc) is 2.96. The normalized spacial score (nSPS) is 17.6. The number of anilines is 1. The highest BCUT2D eigenvalue weighted by Gasteiger charge is 2.32. The summed E-state index contributed by atoms with van der Waals surface area (Å²) in [4.78, 5) is 27.7. The summed E-state index contributed by atoms with van der Waals surface area (Å²) in [7, 11) is 3.37. The third kappa shape index (κ3) is 5.27. The predicted molar refractivity (Wildman–Crippen MR) is 90.0 cm³/mol. The van der Waals surface area contributed by atoms with Crippen LogP contribution in [-0.2, 0) is 9.59 Å². The molecule has 0 bridgehead atoms. The SMILES string of the molecule is CN(C)C(=O)[C@@H]1CCCN1CC(=O)Nc1ccc(OC(F)F)c(Cl)c1. The van der Waals surface area contributed by atoms with Crippen LogP contribution in [0.5, 0.6) is 5.75 Å². The van der Waals surface area contributed by atoms with Gasteiger partial charge in [0, 0.05) is 19.8 Å². The van der Waals surface area contributed by atoms with Crippen LogP contribution in [0.3, 0.4) is 0 Å². The number of rotatable bonds is 6. The van der Waals surface area contributed by atoms with Crippen molar-refractivity contribution in [3.05, 3.63) is 23.2 Å². The molecule has 1 N–H and O–H groups in total. The Morgan fingerprint density at radius 2 is 2.16 bits per heavy atom. The van der Waals surface area contributed by atoms with Crippen molar-refractivity contribution in [2.75, 3.05) is 32.5 Å². The Kier molecular flexibility index (Phi) is 6.55. The molecular formula is C16H20ClF2N3O3. The second kappa shape index (κ2) is 8.44. The number of ether oxygens (including phenoxy) is 1. The smallest absolute Gasteiger partial charge is 0.387 e. The van der Waals surface area contributed by atoms with Gasteiger partial charge < -0.3 is 15.0 Å². The molecule has 1 aliphatic rings. The first-order valence-corrected chi connectivity index (χ1v) is 8.15. The Labute approximate surface area is 149 Å². The van der Waals surface area contributed by atoms with Crippen LogP contribution in [0.15, 0.2) is 18.2 Å². The number of nitrogens with zero attached hydrogens (tertiary/aromatic N) is 2. The van der Waals surface area contributed by atoms with Gasteiger partial charge in [0.05, 0.1) is 17.6 Å². The summed E-state index contributed by atoms with van der Waals surface area (Å²) in [5.41, 5.74) is 0.367. The first kappa shape index (κ1) is 19.4. The summed E-state index contributed by atoms with van der Waals surface area (Å²) in [6.45, 7) is -2.24. The molecule has 0 aromatic heterocycles. The number of carbonyl (C=O) groups is 2. The molecular weight excluding hydrogens is 356 g/mol. The van der Waals surface area contributed by atoms with E-state index in [0.717, 1.165) is 12.8 Å². The molecule has 1 aromatic rings. The zero-order valence-corrected chi connectivity index (χ0v) is 14.7. The molecule has 1 heterocycles. The second-order valence-corrected chi connectivity index (χ2v) is 6.34. The highest BCUT2D eigenvalue weighted by molar-refractivity contribution is 6.32. The minimum Gasteiger partial charge on any atom is -0.433 e. The Morgan fingerprint density at radius 1 is 1.44 bits per heavy atom. The fourth-order valence-electron chi connectivity index (χ4n) is 2.75. The van der Waals surface area contributed by atoms with Gasteiger partial charge in [-0.05, 0) is 37.6 Å². The molecule has 1 saturated heterocycles. The topological polar surface area (TPSA) is 61.9 Å². The molecule has 1 fully saturated rings. The Bertz CT molecular complexity index is 643. The van der Waals surface area contributed by atoms with Gasteiger partial charge in [-0.2, -0.15) is 8.78 Å². The van der Waals surface area contributed by atoms with E-state index in [1.54, 1.807) is 14.1 Å². The van der Waals surface area contributed by atoms with Gasteiger partial charge in [-0.3, -0.25) is 14.5 Å². The highest BCUT2D eigenvalue weighted by atomic mass is 35.5.